The van der Waals surface area contributed by atoms with E-state index in [1.807, 2.05) is 36.4 Å². The van der Waals surface area contributed by atoms with Gasteiger partial charge in [-0.15, -0.1) is 11.6 Å². The largest absolute Gasteiger partial charge is 0.493 e. The Hall–Kier alpha value is -1.56. The van der Waals surface area contributed by atoms with Gasteiger partial charge < -0.3 is 20.1 Å². The van der Waals surface area contributed by atoms with E-state index < -0.39 is 18.2 Å². The first-order chi connectivity index (χ1) is 14.9. The van der Waals surface area contributed by atoms with Gasteiger partial charge in [-0.1, -0.05) is 50.5 Å². The average Bonchev–Trinajstić information content (AvgIpc) is 3.01. The number of rotatable bonds is 14. The van der Waals surface area contributed by atoms with Crippen molar-refractivity contribution in [2.75, 3.05) is 6.61 Å². The molecule has 3 N–H and O–H groups in total. The van der Waals surface area contributed by atoms with Gasteiger partial charge in [0.05, 0.1) is 18.8 Å². The summed E-state index contributed by atoms with van der Waals surface area (Å²) in [4.78, 5) is 10.6. The predicted octanol–water partition coefficient (Wildman–Crippen LogP) is 5.48. The minimum Gasteiger partial charge on any atom is -0.493 e. The Labute approximate surface area is 191 Å². The van der Waals surface area contributed by atoms with Crippen LogP contribution in [-0.4, -0.2) is 39.4 Å². The van der Waals surface area contributed by atoms with Gasteiger partial charge in [0.1, 0.15) is 5.75 Å². The molecule has 5 nitrogen and oxygen atoms in total. The molecule has 0 bridgehead atoms. The quantitative estimate of drug-likeness (QED) is 0.197. The number of allylic oxidation sites excluding steroid dienone is 2. The third-order valence-corrected chi connectivity index (χ3v) is 6.58. The number of ether oxygens (including phenoxy) is 1. The van der Waals surface area contributed by atoms with Gasteiger partial charge in [-0.05, 0) is 55.7 Å². The summed E-state index contributed by atoms with van der Waals surface area (Å²) in [6.45, 7) is 2.52. The molecule has 0 aromatic heterocycles. The highest BCUT2D eigenvalue weighted by atomic mass is 35.5. The molecular weight excluding hydrogens is 416 g/mol. The summed E-state index contributed by atoms with van der Waals surface area (Å²) in [6.07, 6.45) is 9.83. The lowest BCUT2D eigenvalue weighted by Gasteiger charge is -2.23. The molecule has 1 aromatic rings. The number of aliphatic carboxylic acids is 1. The van der Waals surface area contributed by atoms with Crippen molar-refractivity contribution < 1.29 is 24.9 Å². The molecule has 5 atom stereocenters. The second-order valence-electron chi connectivity index (χ2n) is 8.53. The zero-order valence-electron chi connectivity index (χ0n) is 18.5. The van der Waals surface area contributed by atoms with Crippen LogP contribution in [0.3, 0.4) is 0 Å². The van der Waals surface area contributed by atoms with Crippen molar-refractivity contribution >= 4 is 17.6 Å². The highest BCUT2D eigenvalue weighted by molar-refractivity contribution is 6.21. The van der Waals surface area contributed by atoms with Crippen LogP contribution in [0.1, 0.15) is 76.4 Å². The number of hydrogen-bond donors (Lipinski definition) is 3. The molecule has 1 aliphatic carbocycles. The highest BCUT2D eigenvalue weighted by Gasteiger charge is 2.41. The van der Waals surface area contributed by atoms with Crippen LogP contribution in [0.5, 0.6) is 5.75 Å². The lowest BCUT2D eigenvalue weighted by atomic mass is 9.92. The van der Waals surface area contributed by atoms with Crippen LogP contribution < -0.4 is 4.74 Å². The molecule has 0 saturated heterocycles. The number of carbonyl (C=O) groups is 1. The van der Waals surface area contributed by atoms with Crippen molar-refractivity contribution in [3.63, 3.8) is 0 Å². The maximum Gasteiger partial charge on any atom is 0.303 e. The van der Waals surface area contributed by atoms with Gasteiger partial charge in [-0.2, -0.15) is 0 Å². The zero-order valence-corrected chi connectivity index (χ0v) is 19.2. The summed E-state index contributed by atoms with van der Waals surface area (Å²) in [6, 6.07) is 7.56. The van der Waals surface area contributed by atoms with Crippen molar-refractivity contribution in [1.29, 1.82) is 0 Å². The smallest absolute Gasteiger partial charge is 0.303 e. The second-order valence-corrected chi connectivity index (χ2v) is 9.10. The highest BCUT2D eigenvalue weighted by Crippen LogP contribution is 2.39. The Morgan fingerprint density at radius 1 is 1.26 bits per heavy atom. The summed E-state index contributed by atoms with van der Waals surface area (Å²) in [5.74, 6) is -0.0392. The van der Waals surface area contributed by atoms with Crippen LogP contribution in [0.15, 0.2) is 36.4 Å². The van der Waals surface area contributed by atoms with Crippen LogP contribution in [0.25, 0.3) is 0 Å². The molecule has 1 fully saturated rings. The van der Waals surface area contributed by atoms with Gasteiger partial charge in [0, 0.05) is 17.7 Å². The fourth-order valence-corrected chi connectivity index (χ4v) is 4.66. The number of halogens is 1. The van der Waals surface area contributed by atoms with Crippen molar-refractivity contribution in [3.8, 4) is 5.75 Å². The number of aliphatic hydroxyl groups excluding tert-OH is 2. The van der Waals surface area contributed by atoms with Crippen LogP contribution >= 0.6 is 11.6 Å². The van der Waals surface area contributed by atoms with Crippen LogP contribution in [-0.2, 0) is 4.79 Å². The molecule has 174 valence electrons. The molecule has 6 heteroatoms. The molecule has 0 heterocycles. The van der Waals surface area contributed by atoms with E-state index in [0.29, 0.717) is 25.2 Å². The Bertz CT molecular complexity index is 692. The normalized spacial score (nSPS) is 24.5. The Balaban J connectivity index is 1.87. The lowest BCUT2D eigenvalue weighted by Crippen LogP contribution is -2.27. The Morgan fingerprint density at radius 2 is 2.06 bits per heavy atom. The van der Waals surface area contributed by atoms with Gasteiger partial charge >= 0.3 is 5.97 Å². The van der Waals surface area contributed by atoms with Crippen molar-refractivity contribution in [3.05, 3.63) is 42.0 Å². The molecule has 0 radical (unpaired) electrons. The SMILES string of the molecule is CCCCCC(O)c1cccc(OCC2C(O)CC(Cl)C2C/C=C\CCCC(=O)O)c1. The summed E-state index contributed by atoms with van der Waals surface area (Å²) < 4.78 is 6.01. The molecule has 0 amide bonds. The molecule has 2 rings (SSSR count). The van der Waals surface area contributed by atoms with Crippen LogP contribution in [0, 0.1) is 11.8 Å². The van der Waals surface area contributed by atoms with Gasteiger partial charge in [0.15, 0.2) is 0 Å². The van der Waals surface area contributed by atoms with Crippen LogP contribution in [0.4, 0.5) is 0 Å². The van der Waals surface area contributed by atoms with Crippen molar-refractivity contribution in [1.82, 2.24) is 0 Å². The first-order valence-corrected chi connectivity index (χ1v) is 12.0. The summed E-state index contributed by atoms with van der Waals surface area (Å²) in [5.41, 5.74) is 0.858. The van der Waals surface area contributed by atoms with Crippen molar-refractivity contribution in [2.45, 2.75) is 82.3 Å². The minimum atomic E-state index is -0.775. The number of carboxylic acid groups (broad SMARTS) is 1. The third-order valence-electron chi connectivity index (χ3n) is 6.08. The number of hydrogen-bond acceptors (Lipinski definition) is 4. The predicted molar refractivity (Wildman–Crippen MR) is 124 cm³/mol. The summed E-state index contributed by atoms with van der Waals surface area (Å²) in [5, 5.41) is 29.5. The molecule has 1 saturated carbocycles. The van der Waals surface area contributed by atoms with Crippen LogP contribution in [0.2, 0.25) is 0 Å². The van der Waals surface area contributed by atoms with Gasteiger partial charge in [0.2, 0.25) is 0 Å². The maximum absolute atomic E-state index is 10.6. The average molecular weight is 453 g/mol. The van der Waals surface area contributed by atoms with E-state index in [1.54, 1.807) is 0 Å². The van der Waals surface area contributed by atoms with Gasteiger partial charge in [-0.25, -0.2) is 0 Å². The number of benzene rings is 1. The van der Waals surface area contributed by atoms with E-state index in [-0.39, 0.29) is 23.6 Å². The number of aliphatic hydroxyl groups is 2. The number of carboxylic acids is 1. The van der Waals surface area contributed by atoms with Gasteiger partial charge in [-0.3, -0.25) is 4.79 Å². The first kappa shape index (κ1) is 25.7. The molecule has 1 aliphatic rings. The minimum absolute atomic E-state index is 0.0655. The van der Waals surface area contributed by atoms with E-state index >= 15 is 0 Å². The molecule has 31 heavy (non-hydrogen) atoms. The van der Waals surface area contributed by atoms with E-state index in [9.17, 15) is 15.0 Å². The lowest BCUT2D eigenvalue weighted by molar-refractivity contribution is -0.137. The first-order valence-electron chi connectivity index (χ1n) is 11.5. The second kappa shape index (κ2) is 13.8. The van der Waals surface area contributed by atoms with E-state index in [2.05, 4.69) is 6.92 Å². The molecule has 0 spiro atoms. The standard InChI is InChI=1S/C25H37ClO5/c1-2-3-6-13-23(27)18-10-9-11-19(15-18)31-17-21-20(22(26)16-24(21)28)12-7-4-5-8-14-25(29)30/h4,7,9-11,15,20-24,27-28H,2-3,5-6,8,12-14,16-17H2,1H3,(H,29,30)/b7-4-. The fraction of sp³-hybridized carbons (Fsp3) is 0.640. The molecule has 1 aromatic carbocycles. The Kier molecular flexibility index (Phi) is 11.4. The topological polar surface area (TPSA) is 87.0 Å². The molecule has 0 aliphatic heterocycles. The van der Waals surface area contributed by atoms with E-state index in [4.69, 9.17) is 21.4 Å². The summed E-state index contributed by atoms with van der Waals surface area (Å²) >= 11 is 6.50. The van der Waals surface area contributed by atoms with E-state index in [1.165, 1.54) is 0 Å². The third kappa shape index (κ3) is 8.83. The molecular formula is C25H37ClO5. The monoisotopic (exact) mass is 452 g/mol. The molecule has 5 unspecified atom stereocenters. The Morgan fingerprint density at radius 3 is 2.81 bits per heavy atom. The maximum atomic E-state index is 10.6. The number of alkyl halides is 1. The zero-order chi connectivity index (χ0) is 22.6. The number of unbranched alkanes of at least 4 members (excludes halogenated alkanes) is 3. The summed E-state index contributed by atoms with van der Waals surface area (Å²) in [7, 11) is 0. The fourth-order valence-electron chi connectivity index (χ4n) is 4.19. The van der Waals surface area contributed by atoms with Gasteiger partial charge in [0.25, 0.3) is 0 Å². The van der Waals surface area contributed by atoms with E-state index in [0.717, 1.165) is 44.1 Å². The van der Waals surface area contributed by atoms with Crippen molar-refractivity contribution in [2.24, 2.45) is 11.8 Å².